The highest BCUT2D eigenvalue weighted by Crippen LogP contribution is 2.34. The average Bonchev–Trinajstić information content (AvgIpc) is 3.17. The molecule has 5 rings (SSSR count). The van der Waals surface area contributed by atoms with E-state index >= 15 is 0 Å². The van der Waals surface area contributed by atoms with E-state index in [1.165, 1.54) is 43.5 Å². The van der Waals surface area contributed by atoms with Gasteiger partial charge in [0.2, 0.25) is 0 Å². The standard InChI is InChI=1S/C29H25NS/c1-3-21(2)13-15-25-19-23(17-18-31-25)22-14-16-29-27(20-22)26-11-7-8-12-28(26)30(29)24-9-5-4-6-10-24/h3-18,20-21H,1,19H2,2H3/b15-13-. The van der Waals surface area contributed by atoms with Crippen LogP contribution in [0.2, 0.25) is 0 Å². The molecule has 1 unspecified atom stereocenters. The average molecular weight is 420 g/mol. The molecule has 0 N–H and O–H groups in total. The molecule has 0 fully saturated rings. The molecule has 3 aromatic carbocycles. The Kier molecular flexibility index (Phi) is 5.31. The highest BCUT2D eigenvalue weighted by molar-refractivity contribution is 7.97. The van der Waals surface area contributed by atoms with E-state index in [4.69, 9.17) is 0 Å². The van der Waals surface area contributed by atoms with Gasteiger partial charge in [0.25, 0.3) is 0 Å². The Labute approximate surface area is 187 Å². The molecule has 31 heavy (non-hydrogen) atoms. The van der Waals surface area contributed by atoms with E-state index in [0.29, 0.717) is 5.92 Å². The fourth-order valence-corrected chi connectivity index (χ4v) is 4.96. The van der Waals surface area contributed by atoms with E-state index in [0.717, 1.165) is 6.42 Å². The summed E-state index contributed by atoms with van der Waals surface area (Å²) in [5.41, 5.74) is 6.34. The molecule has 1 aliphatic heterocycles. The number of hydrogen-bond donors (Lipinski definition) is 0. The van der Waals surface area contributed by atoms with Crippen LogP contribution in [0.1, 0.15) is 18.9 Å². The zero-order valence-electron chi connectivity index (χ0n) is 17.7. The van der Waals surface area contributed by atoms with Gasteiger partial charge in [0.15, 0.2) is 0 Å². The summed E-state index contributed by atoms with van der Waals surface area (Å²) in [6.45, 7) is 6.04. The molecule has 0 aliphatic carbocycles. The predicted octanol–water partition coefficient (Wildman–Crippen LogP) is 7.66. The van der Waals surface area contributed by atoms with Gasteiger partial charge in [-0.1, -0.05) is 67.6 Å². The summed E-state index contributed by atoms with van der Waals surface area (Å²) in [6, 6.07) is 26.2. The van der Waals surface area contributed by atoms with Crippen molar-refractivity contribution in [3.8, 4) is 5.69 Å². The molecule has 2 heteroatoms. The minimum absolute atomic E-state index is 0.392. The first-order valence-corrected chi connectivity index (χ1v) is 11.6. The number of nitrogens with zero attached hydrogens (tertiary/aromatic N) is 1. The maximum absolute atomic E-state index is 3.88. The summed E-state index contributed by atoms with van der Waals surface area (Å²) in [5.74, 6) is 0.392. The third-order valence-electron chi connectivity index (χ3n) is 5.87. The molecule has 4 aromatic rings. The Morgan fingerprint density at radius 1 is 0.935 bits per heavy atom. The van der Waals surface area contributed by atoms with Crippen LogP contribution in [0.15, 0.2) is 104 Å². The van der Waals surface area contributed by atoms with Crippen molar-refractivity contribution in [2.75, 3.05) is 0 Å². The van der Waals surface area contributed by atoms with Crippen LogP contribution in [-0.2, 0) is 0 Å². The molecule has 0 saturated carbocycles. The summed E-state index contributed by atoms with van der Waals surface area (Å²) in [5, 5.41) is 4.80. The van der Waals surface area contributed by atoms with Crippen LogP contribution in [-0.4, -0.2) is 14.8 Å². The maximum atomic E-state index is 3.88. The van der Waals surface area contributed by atoms with Crippen molar-refractivity contribution in [1.82, 2.24) is 4.57 Å². The number of rotatable bonds is 5. The van der Waals surface area contributed by atoms with Crippen LogP contribution in [0.5, 0.6) is 0 Å². The maximum Gasteiger partial charge on any atom is 0.0541 e. The lowest BCUT2D eigenvalue weighted by atomic mass is 9.98. The molecule has 1 atom stereocenters. The van der Waals surface area contributed by atoms with Crippen LogP contribution in [0.4, 0.5) is 0 Å². The van der Waals surface area contributed by atoms with Gasteiger partial charge in [0.05, 0.1) is 11.0 Å². The minimum atomic E-state index is 0.392. The van der Waals surface area contributed by atoms with E-state index < -0.39 is 0 Å². The minimum Gasteiger partial charge on any atom is -0.309 e. The van der Waals surface area contributed by atoms with Crippen molar-refractivity contribution < 1.29 is 0 Å². The lowest BCUT2D eigenvalue weighted by Gasteiger charge is -2.11. The monoisotopic (exact) mass is 419 g/mol. The summed E-state index contributed by atoms with van der Waals surface area (Å²) in [6.07, 6.45) is 9.67. The third-order valence-corrected chi connectivity index (χ3v) is 6.72. The lowest BCUT2D eigenvalue weighted by molar-refractivity contribution is 0.945. The normalized spacial score (nSPS) is 15.0. The van der Waals surface area contributed by atoms with Crippen molar-refractivity contribution in [1.29, 1.82) is 0 Å². The Hall–Kier alpha value is -3.36. The van der Waals surface area contributed by atoms with Crippen LogP contribution in [0.25, 0.3) is 33.1 Å². The number of allylic oxidation sites excluding steroid dienone is 5. The van der Waals surface area contributed by atoms with Gasteiger partial charge in [-0.2, -0.15) is 0 Å². The SMILES string of the molecule is C=CC(C)/C=C\C1=S=CC=C(c2ccc3c(c2)c2ccccc2n3-c2ccccc2)C1. The van der Waals surface area contributed by atoms with E-state index in [9.17, 15) is 0 Å². The number of hydrogen-bond acceptors (Lipinski definition) is 0. The van der Waals surface area contributed by atoms with Crippen molar-refractivity contribution in [2.45, 2.75) is 13.3 Å². The first-order chi connectivity index (χ1) is 15.2. The van der Waals surface area contributed by atoms with Crippen LogP contribution < -0.4 is 0 Å². The van der Waals surface area contributed by atoms with Crippen molar-refractivity contribution >= 4 is 48.6 Å². The first-order valence-electron chi connectivity index (χ1n) is 10.7. The molecule has 0 radical (unpaired) electrons. The third kappa shape index (κ3) is 3.75. The molecular weight excluding hydrogens is 394 g/mol. The van der Waals surface area contributed by atoms with Gasteiger partial charge in [0, 0.05) is 27.7 Å². The van der Waals surface area contributed by atoms with Crippen molar-refractivity contribution in [3.63, 3.8) is 0 Å². The molecule has 0 bridgehead atoms. The molecule has 152 valence electrons. The second-order valence-corrected chi connectivity index (χ2v) is 9.00. The Balaban J connectivity index is 1.59. The summed E-state index contributed by atoms with van der Waals surface area (Å²) < 4.78 is 2.36. The quantitative estimate of drug-likeness (QED) is 0.178. The zero-order chi connectivity index (χ0) is 21.2. The van der Waals surface area contributed by atoms with Crippen LogP contribution in [0, 0.1) is 5.92 Å². The molecular formula is C29H25NS. The predicted molar refractivity (Wildman–Crippen MR) is 141 cm³/mol. The Morgan fingerprint density at radius 2 is 1.71 bits per heavy atom. The largest absolute Gasteiger partial charge is 0.309 e. The second-order valence-electron chi connectivity index (χ2n) is 7.96. The molecule has 0 spiro atoms. The fraction of sp³-hybridized carbons (Fsp3) is 0.103. The molecule has 2 heterocycles. The van der Waals surface area contributed by atoms with Crippen LogP contribution in [0.3, 0.4) is 0 Å². The molecule has 1 aromatic heterocycles. The Bertz CT molecular complexity index is 1410. The van der Waals surface area contributed by atoms with E-state index in [2.05, 4.69) is 114 Å². The topological polar surface area (TPSA) is 4.93 Å². The van der Waals surface area contributed by atoms with Crippen LogP contribution >= 0.6 is 10.9 Å². The fourth-order valence-electron chi connectivity index (χ4n) is 4.15. The lowest BCUT2D eigenvalue weighted by Crippen LogP contribution is -1.99. The smallest absolute Gasteiger partial charge is 0.0541 e. The van der Waals surface area contributed by atoms with Gasteiger partial charge in [-0.25, -0.2) is 0 Å². The second kappa shape index (κ2) is 8.41. The summed E-state index contributed by atoms with van der Waals surface area (Å²) >= 11 is 0. The van der Waals surface area contributed by atoms with E-state index in [1.54, 1.807) is 0 Å². The highest BCUT2D eigenvalue weighted by Gasteiger charge is 2.14. The van der Waals surface area contributed by atoms with Gasteiger partial charge in [0.1, 0.15) is 0 Å². The van der Waals surface area contributed by atoms with Gasteiger partial charge < -0.3 is 4.57 Å². The van der Waals surface area contributed by atoms with Crippen molar-refractivity contribution in [2.24, 2.45) is 5.92 Å². The number of aromatic nitrogens is 1. The van der Waals surface area contributed by atoms with Gasteiger partial charge in [-0.15, -0.1) is 17.5 Å². The molecule has 0 saturated heterocycles. The first kappa shape index (κ1) is 19.6. The zero-order valence-corrected chi connectivity index (χ0v) is 18.5. The van der Waals surface area contributed by atoms with Crippen molar-refractivity contribution in [3.05, 3.63) is 109 Å². The molecule has 1 nitrogen and oxygen atoms in total. The molecule has 0 amide bonds. The Morgan fingerprint density at radius 3 is 2.55 bits per heavy atom. The number of benzene rings is 3. The highest BCUT2D eigenvalue weighted by atomic mass is 32.1. The number of fused-ring (bicyclic) bond motifs is 3. The summed E-state index contributed by atoms with van der Waals surface area (Å²) in [4.78, 5) is 1.37. The van der Waals surface area contributed by atoms with Gasteiger partial charge >= 0.3 is 0 Å². The summed E-state index contributed by atoms with van der Waals surface area (Å²) in [7, 11) is 1.81. The van der Waals surface area contributed by atoms with Gasteiger partial charge in [-0.3, -0.25) is 0 Å². The van der Waals surface area contributed by atoms with E-state index in [1.807, 2.05) is 17.0 Å². The van der Waals surface area contributed by atoms with E-state index in [-0.39, 0.29) is 0 Å². The molecule has 1 aliphatic rings. The van der Waals surface area contributed by atoms with Gasteiger partial charge in [-0.05, 0) is 58.8 Å². The number of para-hydroxylation sites is 2.